The molecule has 3 aliphatic rings. The van der Waals surface area contributed by atoms with Gasteiger partial charge >= 0.3 is 0 Å². The van der Waals surface area contributed by atoms with Gasteiger partial charge in [0.1, 0.15) is 11.8 Å². The number of hydrogen-bond acceptors (Lipinski definition) is 6. The van der Waals surface area contributed by atoms with E-state index in [1.807, 2.05) is 6.92 Å². The molecule has 3 aliphatic heterocycles. The van der Waals surface area contributed by atoms with Crippen molar-refractivity contribution in [3.8, 4) is 5.75 Å². The topological polar surface area (TPSA) is 108 Å². The van der Waals surface area contributed by atoms with E-state index in [9.17, 15) is 19.5 Å². The molecule has 0 saturated carbocycles. The van der Waals surface area contributed by atoms with Crippen LogP contribution >= 0.6 is 11.8 Å². The van der Waals surface area contributed by atoms with E-state index < -0.39 is 22.6 Å². The van der Waals surface area contributed by atoms with E-state index in [4.69, 9.17) is 4.74 Å². The molecule has 2 bridgehead atoms. The van der Waals surface area contributed by atoms with Gasteiger partial charge in [-0.3, -0.25) is 14.4 Å². The Hall–Kier alpha value is -2.26. The highest BCUT2D eigenvalue weighted by molar-refractivity contribution is 8.02. The Bertz CT molecular complexity index is 895. The molecule has 3 heterocycles. The summed E-state index contributed by atoms with van der Waals surface area (Å²) in [5.74, 6) is -0.885. The van der Waals surface area contributed by atoms with Crippen LogP contribution in [-0.2, 0) is 14.4 Å². The van der Waals surface area contributed by atoms with Gasteiger partial charge in [-0.1, -0.05) is 13.3 Å². The minimum atomic E-state index is -0.655. The quantitative estimate of drug-likeness (QED) is 0.447. The van der Waals surface area contributed by atoms with Crippen molar-refractivity contribution in [3.63, 3.8) is 0 Å². The molecule has 3 amide bonds. The van der Waals surface area contributed by atoms with Crippen LogP contribution in [-0.4, -0.2) is 70.1 Å². The third-order valence-corrected chi connectivity index (χ3v) is 8.91. The van der Waals surface area contributed by atoms with E-state index in [1.165, 1.54) is 4.90 Å². The van der Waals surface area contributed by atoms with Crippen molar-refractivity contribution >= 4 is 35.2 Å². The summed E-state index contributed by atoms with van der Waals surface area (Å²) in [5, 5.41) is 15.6. The van der Waals surface area contributed by atoms with Crippen molar-refractivity contribution in [2.75, 3.05) is 31.6 Å². The lowest BCUT2D eigenvalue weighted by molar-refractivity contribution is -0.139. The molecule has 3 fully saturated rings. The zero-order valence-corrected chi connectivity index (χ0v) is 20.0. The molecule has 1 aromatic rings. The van der Waals surface area contributed by atoms with E-state index in [0.717, 1.165) is 31.4 Å². The number of thioether (sulfide) groups is 1. The van der Waals surface area contributed by atoms with Crippen LogP contribution in [0.2, 0.25) is 0 Å². The zero-order chi connectivity index (χ0) is 23.6. The van der Waals surface area contributed by atoms with E-state index in [1.54, 1.807) is 36.0 Å². The number of carbonyl (C=O) groups excluding carboxylic acids is 3. The molecular weight excluding hydrogens is 442 g/mol. The predicted molar refractivity (Wildman–Crippen MR) is 127 cm³/mol. The number of unbranched alkanes of at least 4 members (excludes halogenated alkanes) is 1. The van der Waals surface area contributed by atoms with Gasteiger partial charge in [-0.05, 0) is 50.5 Å². The highest BCUT2D eigenvalue weighted by Gasteiger charge is 2.73. The van der Waals surface area contributed by atoms with Crippen LogP contribution in [0.25, 0.3) is 0 Å². The number of anilines is 1. The van der Waals surface area contributed by atoms with Crippen molar-refractivity contribution in [3.05, 3.63) is 24.3 Å². The minimum Gasteiger partial charge on any atom is -0.494 e. The number of nitrogens with zero attached hydrogens (tertiary/aromatic N) is 1. The fourth-order valence-corrected chi connectivity index (χ4v) is 7.83. The molecule has 3 saturated heterocycles. The van der Waals surface area contributed by atoms with Crippen LogP contribution in [0.4, 0.5) is 5.69 Å². The maximum atomic E-state index is 13.5. The van der Waals surface area contributed by atoms with Gasteiger partial charge in [-0.15, -0.1) is 11.8 Å². The molecule has 8 nitrogen and oxygen atoms in total. The third kappa shape index (κ3) is 4.21. The van der Waals surface area contributed by atoms with Crippen molar-refractivity contribution in [1.29, 1.82) is 0 Å². The summed E-state index contributed by atoms with van der Waals surface area (Å²) >= 11 is 1.63. The normalized spacial score (nSPS) is 29.8. The lowest BCUT2D eigenvalue weighted by Gasteiger charge is -2.34. The van der Waals surface area contributed by atoms with Crippen LogP contribution in [0.5, 0.6) is 5.75 Å². The molecule has 0 aromatic heterocycles. The minimum absolute atomic E-state index is 0.00358. The van der Waals surface area contributed by atoms with Gasteiger partial charge in [-0.25, -0.2) is 0 Å². The molecule has 5 atom stereocenters. The second kappa shape index (κ2) is 9.93. The Kier molecular flexibility index (Phi) is 7.19. The zero-order valence-electron chi connectivity index (χ0n) is 19.2. The summed E-state index contributed by atoms with van der Waals surface area (Å²) in [7, 11) is 0. The fourth-order valence-electron chi connectivity index (χ4n) is 5.61. The third-order valence-electron chi connectivity index (χ3n) is 6.95. The van der Waals surface area contributed by atoms with Gasteiger partial charge in [0.25, 0.3) is 0 Å². The summed E-state index contributed by atoms with van der Waals surface area (Å²) in [4.78, 5) is 41.6. The lowest BCUT2D eigenvalue weighted by atomic mass is 9.70. The second-order valence-electron chi connectivity index (χ2n) is 8.90. The van der Waals surface area contributed by atoms with E-state index >= 15 is 0 Å². The molecule has 2 unspecified atom stereocenters. The predicted octanol–water partition coefficient (Wildman–Crippen LogP) is 2.02. The highest BCUT2D eigenvalue weighted by Crippen LogP contribution is 2.66. The largest absolute Gasteiger partial charge is 0.494 e. The Labute approximate surface area is 198 Å². The maximum Gasteiger partial charge on any atom is 0.244 e. The number of ether oxygens (including phenoxy) is 1. The molecule has 1 spiro atoms. The molecule has 180 valence electrons. The number of hydrogen-bond donors (Lipinski definition) is 3. The maximum absolute atomic E-state index is 13.5. The van der Waals surface area contributed by atoms with E-state index in [0.29, 0.717) is 18.8 Å². The van der Waals surface area contributed by atoms with Crippen LogP contribution in [0.15, 0.2) is 24.3 Å². The van der Waals surface area contributed by atoms with E-state index in [-0.39, 0.29) is 36.1 Å². The van der Waals surface area contributed by atoms with Crippen LogP contribution in [0, 0.1) is 11.8 Å². The van der Waals surface area contributed by atoms with Gasteiger partial charge in [0.05, 0.1) is 29.8 Å². The van der Waals surface area contributed by atoms with Crippen LogP contribution < -0.4 is 15.4 Å². The fraction of sp³-hybridized carbons (Fsp3) is 0.625. The van der Waals surface area contributed by atoms with Crippen LogP contribution in [0.1, 0.15) is 39.5 Å². The average Bonchev–Trinajstić information content (AvgIpc) is 3.43. The number of amides is 3. The Morgan fingerprint density at radius 1 is 1.24 bits per heavy atom. The number of rotatable bonds is 10. The summed E-state index contributed by atoms with van der Waals surface area (Å²) < 4.78 is 4.84. The smallest absolute Gasteiger partial charge is 0.244 e. The number of aliphatic hydroxyl groups excluding tert-OH is 1. The summed E-state index contributed by atoms with van der Waals surface area (Å²) in [6.07, 6.45) is 3.34. The molecule has 33 heavy (non-hydrogen) atoms. The second-order valence-corrected chi connectivity index (χ2v) is 10.5. The van der Waals surface area contributed by atoms with Gasteiger partial charge in [0.15, 0.2) is 0 Å². The monoisotopic (exact) mass is 475 g/mol. The Morgan fingerprint density at radius 2 is 2.00 bits per heavy atom. The van der Waals surface area contributed by atoms with Gasteiger partial charge in [-0.2, -0.15) is 0 Å². The first-order valence-electron chi connectivity index (χ1n) is 11.9. The van der Waals surface area contributed by atoms with Crippen molar-refractivity contribution in [1.82, 2.24) is 10.2 Å². The number of β-amino-alcohol motifs (C(OH)–C–C–N with tert-alkyl or cyclic N) is 1. The highest BCUT2D eigenvalue weighted by atomic mass is 32.2. The summed E-state index contributed by atoms with van der Waals surface area (Å²) in [5.41, 5.74) is 0.650. The van der Waals surface area contributed by atoms with Crippen molar-refractivity contribution < 1.29 is 24.2 Å². The number of nitrogens with one attached hydrogen (secondary N) is 2. The number of likely N-dealkylation sites (tertiary alicyclic amines) is 1. The molecule has 4 rings (SSSR count). The first-order chi connectivity index (χ1) is 16.0. The Morgan fingerprint density at radius 3 is 2.67 bits per heavy atom. The molecule has 1 aromatic carbocycles. The number of aliphatic hydroxyl groups is 1. The number of benzene rings is 1. The molecule has 0 radical (unpaired) electrons. The molecule has 0 aliphatic carbocycles. The first-order valence-corrected chi connectivity index (χ1v) is 12.7. The SMILES string of the molecule is CCCCNC(=O)C1N(CCO)C(=O)[C@@H]2[C@H](C(=O)Nc3ccc(OCC)cc3)[C@@H]3CCC12S3. The first kappa shape index (κ1) is 23.9. The lowest BCUT2D eigenvalue weighted by Crippen LogP contribution is -2.54. The molecule has 9 heteroatoms. The number of carbonyl (C=O) groups is 3. The van der Waals surface area contributed by atoms with Gasteiger partial charge < -0.3 is 25.4 Å². The van der Waals surface area contributed by atoms with Crippen molar-refractivity contribution in [2.45, 2.75) is 55.6 Å². The number of fused-ring (bicyclic) bond motifs is 1. The molecule has 3 N–H and O–H groups in total. The Balaban J connectivity index is 1.56. The average molecular weight is 476 g/mol. The van der Waals surface area contributed by atoms with Gasteiger partial charge in [0, 0.05) is 24.0 Å². The van der Waals surface area contributed by atoms with Crippen LogP contribution in [0.3, 0.4) is 0 Å². The standard InChI is InChI=1S/C24H33N3O5S/c1-3-5-12-25-22(30)20-24-11-10-17(33-24)18(19(24)23(31)27(20)13-14-28)21(29)26-15-6-8-16(9-7-15)32-4-2/h6-9,17-20,28H,3-5,10-14H2,1-2H3,(H,25,30)(H,26,29)/t17-,18+,19-,20?,24?/m0/s1. The summed E-state index contributed by atoms with van der Waals surface area (Å²) in [6.45, 7) is 4.97. The van der Waals surface area contributed by atoms with E-state index in [2.05, 4.69) is 17.6 Å². The summed E-state index contributed by atoms with van der Waals surface area (Å²) in [6, 6.07) is 6.53. The van der Waals surface area contributed by atoms with Gasteiger partial charge in [0.2, 0.25) is 17.7 Å². The van der Waals surface area contributed by atoms with Crippen molar-refractivity contribution in [2.24, 2.45) is 11.8 Å². The molecular formula is C24H33N3O5S.